The van der Waals surface area contributed by atoms with Crippen LogP contribution in [0.25, 0.3) is 11.1 Å². The summed E-state index contributed by atoms with van der Waals surface area (Å²) in [7, 11) is -1.36. The summed E-state index contributed by atoms with van der Waals surface area (Å²) < 4.78 is 18.2. The van der Waals surface area contributed by atoms with E-state index in [9.17, 15) is 9.82 Å². The molecule has 2 aromatic carbocycles. The maximum Gasteiger partial charge on any atom is 0.376 e. The number of carbonyl (C=O) groups excluding carboxylic acids is 1. The SMILES string of the molecule is COC(=O)c1cccc(-c2ccc3c(c2)CC[C@H](CN(C[C@H](O[Si](C)(C)C(C)(C)C)c2cccnc2)B(C)O)O3)c1. The van der Waals surface area contributed by atoms with Gasteiger partial charge in [-0.15, -0.1) is 0 Å². The number of methoxy groups -OCH3 is 1. The number of aryl methyl sites for hydroxylation is 1. The first-order valence-electron chi connectivity index (χ1n) is 14.4. The number of hydrogen-bond donors (Lipinski definition) is 1. The number of benzene rings is 2. The average molecular weight is 575 g/mol. The van der Waals surface area contributed by atoms with Crippen LogP contribution in [0.5, 0.6) is 5.75 Å². The molecule has 41 heavy (non-hydrogen) atoms. The third-order valence-corrected chi connectivity index (χ3v) is 12.9. The number of pyridine rings is 1. The zero-order valence-corrected chi connectivity index (χ0v) is 26.4. The van der Waals surface area contributed by atoms with Gasteiger partial charge >= 0.3 is 13.0 Å². The van der Waals surface area contributed by atoms with Gasteiger partial charge in [-0.05, 0) is 90.4 Å². The number of ether oxygens (including phenoxy) is 2. The molecular weight excluding hydrogens is 531 g/mol. The van der Waals surface area contributed by atoms with E-state index in [1.165, 1.54) is 7.11 Å². The van der Waals surface area contributed by atoms with Crippen LogP contribution in [-0.4, -0.2) is 62.5 Å². The van der Waals surface area contributed by atoms with Crippen LogP contribution < -0.4 is 4.74 Å². The Balaban J connectivity index is 1.49. The average Bonchev–Trinajstić information content (AvgIpc) is 2.95. The number of esters is 1. The van der Waals surface area contributed by atoms with Crippen LogP contribution in [0.15, 0.2) is 67.0 Å². The highest BCUT2D eigenvalue weighted by Crippen LogP contribution is 2.40. The summed E-state index contributed by atoms with van der Waals surface area (Å²) in [5, 5.41) is 10.9. The Bertz CT molecular complexity index is 1330. The fourth-order valence-corrected chi connectivity index (χ4v) is 6.14. The van der Waals surface area contributed by atoms with Crippen molar-refractivity contribution in [3.8, 4) is 16.9 Å². The van der Waals surface area contributed by atoms with Gasteiger partial charge in [-0.1, -0.05) is 45.0 Å². The second kappa shape index (κ2) is 12.9. The highest BCUT2D eigenvalue weighted by molar-refractivity contribution is 6.74. The number of hydrogen-bond acceptors (Lipinski definition) is 7. The first-order chi connectivity index (χ1) is 19.4. The topological polar surface area (TPSA) is 81.1 Å². The van der Waals surface area contributed by atoms with E-state index in [-0.39, 0.29) is 23.2 Å². The highest BCUT2D eigenvalue weighted by atomic mass is 28.4. The summed E-state index contributed by atoms with van der Waals surface area (Å²) >= 11 is 0. The molecule has 0 fully saturated rings. The van der Waals surface area contributed by atoms with E-state index < -0.39 is 15.4 Å². The molecule has 1 N–H and O–H groups in total. The van der Waals surface area contributed by atoms with Crippen LogP contribution >= 0.6 is 0 Å². The maximum atomic E-state index is 12.0. The number of nitrogens with zero attached hydrogens (tertiary/aromatic N) is 2. The molecule has 0 bridgehead atoms. The van der Waals surface area contributed by atoms with Gasteiger partial charge < -0.3 is 23.7 Å². The van der Waals surface area contributed by atoms with Crippen molar-refractivity contribution >= 4 is 21.3 Å². The van der Waals surface area contributed by atoms with E-state index in [0.717, 1.165) is 40.8 Å². The molecule has 2 atom stereocenters. The van der Waals surface area contributed by atoms with Crippen molar-refractivity contribution in [2.75, 3.05) is 20.2 Å². The van der Waals surface area contributed by atoms with Crippen LogP contribution in [0.1, 0.15) is 54.8 Å². The molecule has 0 radical (unpaired) electrons. The molecule has 3 aromatic rings. The second-order valence-electron chi connectivity index (χ2n) is 12.4. The lowest BCUT2D eigenvalue weighted by atomic mass is 9.83. The zero-order chi connectivity index (χ0) is 29.8. The Morgan fingerprint density at radius 1 is 1.17 bits per heavy atom. The molecule has 0 spiro atoms. The Morgan fingerprint density at radius 3 is 2.59 bits per heavy atom. The van der Waals surface area contributed by atoms with Gasteiger partial charge in [0.15, 0.2) is 8.32 Å². The molecule has 4 rings (SSSR count). The Kier molecular flexibility index (Phi) is 9.74. The van der Waals surface area contributed by atoms with E-state index in [1.54, 1.807) is 19.1 Å². The highest BCUT2D eigenvalue weighted by Gasteiger charge is 2.40. The van der Waals surface area contributed by atoms with Crippen LogP contribution in [0.3, 0.4) is 0 Å². The van der Waals surface area contributed by atoms with Crippen LogP contribution in [0, 0.1) is 0 Å². The molecule has 1 aromatic heterocycles. The third kappa shape index (κ3) is 7.65. The fraction of sp³-hybridized carbons (Fsp3) is 0.438. The minimum atomic E-state index is -2.09. The molecule has 0 amide bonds. The van der Waals surface area contributed by atoms with Crippen molar-refractivity contribution in [2.24, 2.45) is 0 Å². The molecule has 0 saturated carbocycles. The van der Waals surface area contributed by atoms with Gasteiger partial charge in [0.05, 0.1) is 18.8 Å². The van der Waals surface area contributed by atoms with Crippen LogP contribution in [0.2, 0.25) is 25.0 Å². The second-order valence-corrected chi connectivity index (χ2v) is 17.2. The molecule has 218 valence electrons. The van der Waals surface area contributed by atoms with Crippen LogP contribution in [0.4, 0.5) is 0 Å². The molecule has 0 saturated heterocycles. The lowest BCUT2D eigenvalue weighted by Crippen LogP contribution is -2.49. The standard InChI is InChI=1S/C32H43BN2O5Si/c1-32(2,3)41(6,7)40-30(27-12-9-17-34-20-27)22-35(33(4)37)21-28-15-13-25-18-24(14-16-29(25)39-28)23-10-8-11-26(19-23)31(36)38-5/h8-12,14,16-20,28,30,37H,13,15,21-22H2,1-7H3/t28-,30+/m1/s1. The van der Waals surface area contributed by atoms with Crippen LogP contribution in [-0.2, 0) is 15.6 Å². The minimum absolute atomic E-state index is 0.0544. The summed E-state index contributed by atoms with van der Waals surface area (Å²) in [5.41, 5.74) is 4.67. The largest absolute Gasteiger partial charge is 0.489 e. The Labute approximate surface area is 246 Å². The normalized spacial score (nSPS) is 16.1. The van der Waals surface area contributed by atoms with Crippen molar-refractivity contribution in [3.63, 3.8) is 0 Å². The smallest absolute Gasteiger partial charge is 0.376 e. The van der Waals surface area contributed by atoms with Gasteiger partial charge in [0, 0.05) is 25.5 Å². The number of carbonyl (C=O) groups is 1. The Morgan fingerprint density at radius 2 is 1.93 bits per heavy atom. The molecule has 2 heterocycles. The van der Waals surface area contributed by atoms with Gasteiger partial charge in [0.1, 0.15) is 11.9 Å². The summed E-state index contributed by atoms with van der Waals surface area (Å²) in [4.78, 5) is 18.4. The predicted molar refractivity (Wildman–Crippen MR) is 167 cm³/mol. The lowest BCUT2D eigenvalue weighted by molar-refractivity contribution is 0.0600. The predicted octanol–water partition coefficient (Wildman–Crippen LogP) is 6.40. The first kappa shape index (κ1) is 31.0. The van der Waals surface area contributed by atoms with Gasteiger partial charge in [-0.25, -0.2) is 4.79 Å². The first-order valence-corrected chi connectivity index (χ1v) is 17.3. The zero-order valence-electron chi connectivity index (χ0n) is 25.4. The van der Waals surface area contributed by atoms with Crippen molar-refractivity contribution < 1.29 is 23.7 Å². The van der Waals surface area contributed by atoms with E-state index >= 15 is 0 Å². The van der Waals surface area contributed by atoms with E-state index in [0.29, 0.717) is 18.7 Å². The van der Waals surface area contributed by atoms with Gasteiger partial charge in [-0.2, -0.15) is 0 Å². The molecule has 9 heteroatoms. The Hall–Kier alpha value is -2.98. The fourth-order valence-electron chi connectivity index (χ4n) is 4.86. The van der Waals surface area contributed by atoms with Crippen molar-refractivity contribution in [1.82, 2.24) is 9.79 Å². The number of aromatic nitrogens is 1. The van der Waals surface area contributed by atoms with Crippen molar-refractivity contribution in [3.05, 3.63) is 83.7 Å². The molecule has 0 aliphatic carbocycles. The summed E-state index contributed by atoms with van der Waals surface area (Å²) in [6, 6.07) is 17.6. The molecule has 0 unspecified atom stereocenters. The molecule has 1 aliphatic rings. The lowest BCUT2D eigenvalue weighted by Gasteiger charge is -2.41. The van der Waals surface area contributed by atoms with Gasteiger partial charge in [0.2, 0.25) is 0 Å². The van der Waals surface area contributed by atoms with Gasteiger partial charge in [-0.3, -0.25) is 4.98 Å². The molecule has 7 nitrogen and oxygen atoms in total. The third-order valence-electron chi connectivity index (χ3n) is 8.37. The summed E-state index contributed by atoms with van der Waals surface area (Å²) in [6.07, 6.45) is 5.07. The van der Waals surface area contributed by atoms with Crippen molar-refractivity contribution in [2.45, 2.75) is 70.8 Å². The monoisotopic (exact) mass is 574 g/mol. The van der Waals surface area contributed by atoms with E-state index in [1.807, 2.05) is 47.4 Å². The molecule has 1 aliphatic heterocycles. The van der Waals surface area contributed by atoms with Crippen molar-refractivity contribution in [1.29, 1.82) is 0 Å². The van der Waals surface area contributed by atoms with Gasteiger partial charge in [0.25, 0.3) is 0 Å². The maximum absolute atomic E-state index is 12.0. The number of rotatable bonds is 10. The summed E-state index contributed by atoms with van der Waals surface area (Å²) in [5.74, 6) is 0.514. The summed E-state index contributed by atoms with van der Waals surface area (Å²) in [6.45, 7) is 14.1. The minimum Gasteiger partial charge on any atom is -0.489 e. The molecular formula is C32H43BN2O5Si. The quantitative estimate of drug-likeness (QED) is 0.222. The van der Waals surface area contributed by atoms with E-state index in [2.05, 4.69) is 51.0 Å². The van der Waals surface area contributed by atoms with E-state index in [4.69, 9.17) is 13.9 Å². The number of fused-ring (bicyclic) bond motifs is 1.